The summed E-state index contributed by atoms with van der Waals surface area (Å²) in [6, 6.07) is 2.09. The SMILES string of the molecule is C=CCC(NC(=O)N(CC)Cc1ccco1)C(=O)O. The summed E-state index contributed by atoms with van der Waals surface area (Å²) in [5, 5.41) is 11.4. The molecule has 0 aliphatic heterocycles. The first-order chi connectivity index (χ1) is 9.08. The van der Waals surface area contributed by atoms with E-state index in [4.69, 9.17) is 9.52 Å². The summed E-state index contributed by atoms with van der Waals surface area (Å²) in [7, 11) is 0. The molecule has 1 atom stereocenters. The number of rotatable bonds is 7. The molecule has 0 fully saturated rings. The van der Waals surface area contributed by atoms with Crippen molar-refractivity contribution in [1.29, 1.82) is 0 Å². The van der Waals surface area contributed by atoms with E-state index in [0.29, 0.717) is 18.8 Å². The molecule has 1 aromatic rings. The minimum absolute atomic E-state index is 0.180. The van der Waals surface area contributed by atoms with Crippen LogP contribution in [0.5, 0.6) is 0 Å². The molecule has 1 aromatic heterocycles. The van der Waals surface area contributed by atoms with Gasteiger partial charge in [-0.3, -0.25) is 0 Å². The number of carboxylic acid groups (broad SMARTS) is 1. The van der Waals surface area contributed by atoms with Gasteiger partial charge in [0, 0.05) is 6.54 Å². The number of hydrogen-bond acceptors (Lipinski definition) is 3. The lowest BCUT2D eigenvalue weighted by atomic mass is 10.2. The fraction of sp³-hybridized carbons (Fsp3) is 0.385. The summed E-state index contributed by atoms with van der Waals surface area (Å²) in [6.07, 6.45) is 3.17. The van der Waals surface area contributed by atoms with Crippen LogP contribution in [0.2, 0.25) is 0 Å². The van der Waals surface area contributed by atoms with Gasteiger partial charge in [-0.15, -0.1) is 6.58 Å². The highest BCUT2D eigenvalue weighted by atomic mass is 16.4. The van der Waals surface area contributed by atoms with Crippen molar-refractivity contribution in [3.63, 3.8) is 0 Å². The van der Waals surface area contributed by atoms with Crippen LogP contribution >= 0.6 is 0 Å². The number of nitrogens with one attached hydrogen (secondary N) is 1. The topological polar surface area (TPSA) is 82.8 Å². The van der Waals surface area contributed by atoms with E-state index < -0.39 is 18.0 Å². The number of carboxylic acids is 1. The quantitative estimate of drug-likeness (QED) is 0.738. The Morgan fingerprint density at radius 3 is 2.84 bits per heavy atom. The van der Waals surface area contributed by atoms with E-state index in [2.05, 4.69) is 11.9 Å². The summed E-state index contributed by atoms with van der Waals surface area (Å²) in [5.74, 6) is -0.435. The van der Waals surface area contributed by atoms with Crippen LogP contribution < -0.4 is 5.32 Å². The standard InChI is InChI=1S/C13H18N2O4/c1-3-6-11(12(16)17)14-13(18)15(4-2)9-10-7-5-8-19-10/h3,5,7-8,11H,1,4,6,9H2,2H3,(H,14,18)(H,16,17). The van der Waals surface area contributed by atoms with Crippen molar-refractivity contribution >= 4 is 12.0 Å². The van der Waals surface area contributed by atoms with E-state index in [1.165, 1.54) is 17.2 Å². The van der Waals surface area contributed by atoms with E-state index >= 15 is 0 Å². The Labute approximate surface area is 111 Å². The van der Waals surface area contributed by atoms with Crippen LogP contribution in [0.3, 0.4) is 0 Å². The summed E-state index contributed by atoms with van der Waals surface area (Å²) >= 11 is 0. The zero-order valence-electron chi connectivity index (χ0n) is 10.8. The number of carbonyl (C=O) groups excluding carboxylic acids is 1. The van der Waals surface area contributed by atoms with Crippen molar-refractivity contribution in [3.05, 3.63) is 36.8 Å². The molecule has 19 heavy (non-hydrogen) atoms. The van der Waals surface area contributed by atoms with Crippen LogP contribution in [0.4, 0.5) is 4.79 Å². The second kappa shape index (κ2) is 7.25. The Bertz CT molecular complexity index is 428. The van der Waals surface area contributed by atoms with Crippen molar-refractivity contribution in [3.8, 4) is 0 Å². The smallest absolute Gasteiger partial charge is 0.326 e. The lowest BCUT2D eigenvalue weighted by Crippen LogP contribution is -2.47. The van der Waals surface area contributed by atoms with E-state index in [1.807, 2.05) is 6.92 Å². The molecule has 1 heterocycles. The second-order valence-corrected chi connectivity index (χ2v) is 3.96. The highest BCUT2D eigenvalue weighted by Crippen LogP contribution is 2.06. The number of urea groups is 1. The molecule has 0 aromatic carbocycles. The normalized spacial score (nSPS) is 11.6. The van der Waals surface area contributed by atoms with Crippen molar-refractivity contribution in [2.45, 2.75) is 25.9 Å². The predicted molar refractivity (Wildman–Crippen MR) is 69.6 cm³/mol. The minimum atomic E-state index is -1.08. The molecule has 0 aliphatic carbocycles. The molecule has 0 saturated heterocycles. The fourth-order valence-electron chi connectivity index (χ4n) is 1.55. The summed E-state index contributed by atoms with van der Waals surface area (Å²) in [6.45, 7) is 6.04. The van der Waals surface area contributed by atoms with Gasteiger partial charge < -0.3 is 19.7 Å². The van der Waals surface area contributed by atoms with Gasteiger partial charge in [0.05, 0.1) is 12.8 Å². The highest BCUT2D eigenvalue weighted by molar-refractivity contribution is 5.82. The number of hydrogen-bond donors (Lipinski definition) is 2. The molecule has 6 heteroatoms. The third-order valence-corrected chi connectivity index (χ3v) is 2.59. The Balaban J connectivity index is 2.62. The largest absolute Gasteiger partial charge is 0.480 e. The van der Waals surface area contributed by atoms with Gasteiger partial charge in [-0.2, -0.15) is 0 Å². The molecule has 0 saturated carbocycles. The zero-order valence-corrected chi connectivity index (χ0v) is 10.8. The maximum absolute atomic E-state index is 12.0. The van der Waals surface area contributed by atoms with Gasteiger partial charge in [0.15, 0.2) is 0 Å². The molecule has 1 unspecified atom stereocenters. The molecule has 1 rings (SSSR count). The third-order valence-electron chi connectivity index (χ3n) is 2.59. The van der Waals surface area contributed by atoms with Gasteiger partial charge in [-0.05, 0) is 25.5 Å². The molecule has 0 spiro atoms. The highest BCUT2D eigenvalue weighted by Gasteiger charge is 2.21. The van der Waals surface area contributed by atoms with Gasteiger partial charge in [-0.25, -0.2) is 9.59 Å². The number of amides is 2. The number of furan rings is 1. The van der Waals surface area contributed by atoms with Crippen molar-refractivity contribution in [2.75, 3.05) is 6.54 Å². The van der Waals surface area contributed by atoms with Crippen molar-refractivity contribution < 1.29 is 19.1 Å². The summed E-state index contributed by atoms with van der Waals surface area (Å²) < 4.78 is 5.16. The maximum Gasteiger partial charge on any atom is 0.326 e. The van der Waals surface area contributed by atoms with Crippen LogP contribution in [0.25, 0.3) is 0 Å². The maximum atomic E-state index is 12.0. The van der Waals surface area contributed by atoms with Crippen LogP contribution in [0.1, 0.15) is 19.1 Å². The third kappa shape index (κ3) is 4.50. The molecule has 104 valence electrons. The molecule has 0 aliphatic rings. The zero-order chi connectivity index (χ0) is 14.3. The Morgan fingerprint density at radius 1 is 1.63 bits per heavy atom. The molecule has 0 bridgehead atoms. The van der Waals surface area contributed by atoms with Crippen LogP contribution in [0.15, 0.2) is 35.5 Å². The summed E-state index contributed by atoms with van der Waals surface area (Å²) in [5.41, 5.74) is 0. The lowest BCUT2D eigenvalue weighted by molar-refractivity contribution is -0.139. The van der Waals surface area contributed by atoms with E-state index in [-0.39, 0.29) is 6.42 Å². The van der Waals surface area contributed by atoms with Crippen LogP contribution in [0, 0.1) is 0 Å². The first kappa shape index (κ1) is 14.8. The molecular formula is C13H18N2O4. The Morgan fingerprint density at radius 2 is 2.37 bits per heavy atom. The van der Waals surface area contributed by atoms with Gasteiger partial charge in [-0.1, -0.05) is 6.08 Å². The van der Waals surface area contributed by atoms with Crippen LogP contribution in [-0.4, -0.2) is 34.6 Å². The van der Waals surface area contributed by atoms with E-state index in [1.54, 1.807) is 12.1 Å². The van der Waals surface area contributed by atoms with Crippen LogP contribution in [-0.2, 0) is 11.3 Å². The monoisotopic (exact) mass is 266 g/mol. The second-order valence-electron chi connectivity index (χ2n) is 3.96. The predicted octanol–water partition coefficient (Wildman–Crippen LogP) is 1.84. The van der Waals surface area contributed by atoms with Gasteiger partial charge in [0.2, 0.25) is 0 Å². The number of carbonyl (C=O) groups is 2. The minimum Gasteiger partial charge on any atom is -0.480 e. The summed E-state index contributed by atoms with van der Waals surface area (Å²) in [4.78, 5) is 24.4. The molecule has 2 amide bonds. The van der Waals surface area contributed by atoms with Crippen molar-refractivity contribution in [1.82, 2.24) is 10.2 Å². The molecular weight excluding hydrogens is 248 g/mol. The van der Waals surface area contributed by atoms with Gasteiger partial charge >= 0.3 is 12.0 Å². The molecule has 2 N–H and O–H groups in total. The lowest BCUT2D eigenvalue weighted by Gasteiger charge is -2.22. The Hall–Kier alpha value is -2.24. The average molecular weight is 266 g/mol. The first-order valence-corrected chi connectivity index (χ1v) is 6.00. The fourth-order valence-corrected chi connectivity index (χ4v) is 1.55. The van der Waals surface area contributed by atoms with E-state index in [0.717, 1.165) is 0 Å². The Kier molecular flexibility index (Phi) is 5.66. The van der Waals surface area contributed by atoms with E-state index in [9.17, 15) is 9.59 Å². The van der Waals surface area contributed by atoms with Crippen molar-refractivity contribution in [2.24, 2.45) is 0 Å². The molecule has 6 nitrogen and oxygen atoms in total. The average Bonchev–Trinajstić information content (AvgIpc) is 2.87. The number of nitrogens with zero attached hydrogens (tertiary/aromatic N) is 1. The van der Waals surface area contributed by atoms with Gasteiger partial charge in [0.1, 0.15) is 11.8 Å². The molecule has 0 radical (unpaired) electrons. The number of aliphatic carboxylic acids is 1. The first-order valence-electron chi connectivity index (χ1n) is 6.00. The van der Waals surface area contributed by atoms with Gasteiger partial charge in [0.25, 0.3) is 0 Å².